The van der Waals surface area contributed by atoms with Crippen molar-refractivity contribution in [3.63, 3.8) is 0 Å². The van der Waals surface area contributed by atoms with Crippen LogP contribution in [0.15, 0.2) is 47.0 Å². The molecule has 0 saturated carbocycles. The number of methoxy groups -OCH3 is 1. The second-order valence-corrected chi connectivity index (χ2v) is 7.39. The summed E-state index contributed by atoms with van der Waals surface area (Å²) in [6.45, 7) is 7.68. The lowest BCUT2D eigenvalue weighted by atomic mass is 10.1. The molecular weight excluding hydrogens is 406 g/mol. The predicted molar refractivity (Wildman–Crippen MR) is 123 cm³/mol. The summed E-state index contributed by atoms with van der Waals surface area (Å²) in [5.41, 5.74) is 3.15. The number of carbonyl (C=O) groups is 1. The van der Waals surface area contributed by atoms with E-state index in [0.29, 0.717) is 55.8 Å². The lowest BCUT2D eigenvalue weighted by Gasteiger charge is -2.21. The van der Waals surface area contributed by atoms with Crippen molar-refractivity contribution in [1.29, 1.82) is 0 Å². The van der Waals surface area contributed by atoms with Gasteiger partial charge in [0.2, 0.25) is 17.6 Å². The van der Waals surface area contributed by atoms with Crippen LogP contribution in [-0.4, -0.2) is 41.2 Å². The molecule has 0 spiro atoms. The number of carbonyl (C=O) groups excluding carboxylic acids is 1. The second-order valence-electron chi connectivity index (χ2n) is 7.39. The maximum atomic E-state index is 12.8. The van der Waals surface area contributed by atoms with E-state index >= 15 is 0 Å². The fourth-order valence-electron chi connectivity index (χ4n) is 3.42. The van der Waals surface area contributed by atoms with Gasteiger partial charge in [0.15, 0.2) is 11.5 Å². The molecule has 170 valence electrons. The van der Waals surface area contributed by atoms with E-state index in [1.54, 1.807) is 12.0 Å². The standard InChI is InChI=1S/C25H31N3O4/c1-5-18-8-11-20(12-9-18)25-26-23(32-27-25)14-15-24(29)28(6-2)17-19-10-13-21(31-7-3)22(16-19)30-4/h8-13,16H,5-7,14-15,17H2,1-4H3. The molecule has 0 unspecified atom stereocenters. The van der Waals surface area contributed by atoms with Crippen molar-refractivity contribution in [1.82, 2.24) is 15.0 Å². The van der Waals surface area contributed by atoms with Crippen LogP contribution < -0.4 is 9.47 Å². The molecule has 0 bridgehead atoms. The number of hydrogen-bond donors (Lipinski definition) is 0. The molecule has 0 radical (unpaired) electrons. The first-order chi connectivity index (χ1) is 15.6. The highest BCUT2D eigenvalue weighted by Crippen LogP contribution is 2.28. The zero-order valence-electron chi connectivity index (χ0n) is 19.3. The quantitative estimate of drug-likeness (QED) is 0.433. The number of aryl methyl sites for hydroxylation is 2. The van der Waals surface area contributed by atoms with Crippen LogP contribution in [0.2, 0.25) is 0 Å². The summed E-state index contributed by atoms with van der Waals surface area (Å²) in [6, 6.07) is 13.8. The van der Waals surface area contributed by atoms with Crippen LogP contribution in [0, 0.1) is 0 Å². The monoisotopic (exact) mass is 437 g/mol. The van der Waals surface area contributed by atoms with Gasteiger partial charge in [0.1, 0.15) is 0 Å². The Morgan fingerprint density at radius 1 is 1.03 bits per heavy atom. The van der Waals surface area contributed by atoms with Gasteiger partial charge < -0.3 is 18.9 Å². The second kappa shape index (κ2) is 11.3. The molecule has 0 aliphatic carbocycles. The average Bonchev–Trinajstić information content (AvgIpc) is 3.31. The molecule has 1 amide bonds. The van der Waals surface area contributed by atoms with Crippen LogP contribution in [0.3, 0.4) is 0 Å². The van der Waals surface area contributed by atoms with E-state index in [2.05, 4.69) is 29.2 Å². The van der Waals surface area contributed by atoms with Crippen LogP contribution in [0.25, 0.3) is 11.4 Å². The summed E-state index contributed by atoms with van der Waals surface area (Å²) in [4.78, 5) is 19.1. The molecule has 1 heterocycles. The van der Waals surface area contributed by atoms with Crippen LogP contribution in [0.5, 0.6) is 11.5 Å². The molecule has 0 N–H and O–H groups in total. The van der Waals surface area contributed by atoms with E-state index in [1.165, 1.54) is 5.56 Å². The van der Waals surface area contributed by atoms with Gasteiger partial charge in [0, 0.05) is 31.5 Å². The number of benzene rings is 2. The van der Waals surface area contributed by atoms with Gasteiger partial charge in [-0.2, -0.15) is 4.98 Å². The van der Waals surface area contributed by atoms with Crippen LogP contribution in [0.1, 0.15) is 44.2 Å². The van der Waals surface area contributed by atoms with Crippen molar-refractivity contribution in [3.8, 4) is 22.9 Å². The third-order valence-electron chi connectivity index (χ3n) is 5.28. The molecule has 3 aromatic rings. The first-order valence-corrected chi connectivity index (χ1v) is 11.1. The number of amides is 1. The molecular formula is C25H31N3O4. The molecule has 1 aromatic heterocycles. The normalized spacial score (nSPS) is 10.8. The SMILES string of the molecule is CCOc1ccc(CN(CC)C(=O)CCc2nc(-c3ccc(CC)cc3)no2)cc1OC. The van der Waals surface area contributed by atoms with Gasteiger partial charge in [0.25, 0.3) is 0 Å². The summed E-state index contributed by atoms with van der Waals surface area (Å²) >= 11 is 0. The predicted octanol–water partition coefficient (Wildman–Crippen LogP) is 4.69. The molecule has 0 atom stereocenters. The van der Waals surface area contributed by atoms with E-state index in [0.717, 1.165) is 17.5 Å². The summed E-state index contributed by atoms with van der Waals surface area (Å²) in [6.07, 6.45) is 1.69. The molecule has 0 fully saturated rings. The summed E-state index contributed by atoms with van der Waals surface area (Å²) in [5, 5.41) is 4.06. The Kier molecular flexibility index (Phi) is 8.25. The first-order valence-electron chi connectivity index (χ1n) is 11.1. The summed E-state index contributed by atoms with van der Waals surface area (Å²) in [5.74, 6) is 2.41. The molecule has 0 saturated heterocycles. The topological polar surface area (TPSA) is 77.7 Å². The van der Waals surface area contributed by atoms with Crippen LogP contribution >= 0.6 is 0 Å². The lowest BCUT2D eigenvalue weighted by Crippen LogP contribution is -2.30. The minimum Gasteiger partial charge on any atom is -0.493 e. The van der Waals surface area contributed by atoms with Crippen molar-refractivity contribution in [2.24, 2.45) is 0 Å². The molecule has 2 aromatic carbocycles. The molecule has 32 heavy (non-hydrogen) atoms. The van der Waals surface area contributed by atoms with Gasteiger partial charge in [0.05, 0.1) is 13.7 Å². The van der Waals surface area contributed by atoms with Crippen molar-refractivity contribution >= 4 is 5.91 Å². The van der Waals surface area contributed by atoms with E-state index in [9.17, 15) is 4.79 Å². The van der Waals surface area contributed by atoms with Gasteiger partial charge in [-0.3, -0.25) is 4.79 Å². The van der Waals surface area contributed by atoms with Gasteiger partial charge in [-0.05, 0) is 43.5 Å². The van der Waals surface area contributed by atoms with Gasteiger partial charge in [-0.1, -0.05) is 42.4 Å². The minimum absolute atomic E-state index is 0.0346. The third-order valence-corrected chi connectivity index (χ3v) is 5.28. The highest BCUT2D eigenvalue weighted by Gasteiger charge is 2.16. The van der Waals surface area contributed by atoms with Crippen LogP contribution in [-0.2, 0) is 24.2 Å². The Morgan fingerprint density at radius 2 is 1.78 bits per heavy atom. The largest absolute Gasteiger partial charge is 0.493 e. The maximum absolute atomic E-state index is 12.8. The average molecular weight is 438 g/mol. The van der Waals surface area contributed by atoms with Gasteiger partial charge >= 0.3 is 0 Å². The first kappa shape index (κ1) is 23.3. The fourth-order valence-corrected chi connectivity index (χ4v) is 3.42. The van der Waals surface area contributed by atoms with E-state index < -0.39 is 0 Å². The molecule has 7 nitrogen and oxygen atoms in total. The third kappa shape index (κ3) is 5.87. The Balaban J connectivity index is 1.59. The summed E-state index contributed by atoms with van der Waals surface area (Å²) in [7, 11) is 1.61. The smallest absolute Gasteiger partial charge is 0.227 e. The molecule has 7 heteroatoms. The zero-order valence-corrected chi connectivity index (χ0v) is 19.3. The van der Waals surface area contributed by atoms with Crippen molar-refractivity contribution in [2.45, 2.75) is 46.6 Å². The lowest BCUT2D eigenvalue weighted by molar-refractivity contribution is -0.131. The Morgan fingerprint density at radius 3 is 2.44 bits per heavy atom. The zero-order chi connectivity index (χ0) is 22.9. The van der Waals surface area contributed by atoms with Gasteiger partial charge in [-0.25, -0.2) is 0 Å². The number of rotatable bonds is 11. The van der Waals surface area contributed by atoms with Crippen molar-refractivity contribution in [2.75, 3.05) is 20.3 Å². The number of ether oxygens (including phenoxy) is 2. The Labute approximate surface area is 189 Å². The van der Waals surface area contributed by atoms with E-state index in [4.69, 9.17) is 14.0 Å². The maximum Gasteiger partial charge on any atom is 0.227 e. The molecule has 3 rings (SSSR count). The highest BCUT2D eigenvalue weighted by atomic mass is 16.5. The van der Waals surface area contributed by atoms with E-state index in [-0.39, 0.29) is 5.91 Å². The fraction of sp³-hybridized carbons (Fsp3) is 0.400. The molecule has 0 aliphatic rings. The Hall–Kier alpha value is -3.35. The molecule has 0 aliphatic heterocycles. The van der Waals surface area contributed by atoms with Crippen molar-refractivity contribution < 1.29 is 18.8 Å². The minimum atomic E-state index is 0.0346. The number of hydrogen-bond acceptors (Lipinski definition) is 6. The summed E-state index contributed by atoms with van der Waals surface area (Å²) < 4.78 is 16.3. The van der Waals surface area contributed by atoms with Crippen molar-refractivity contribution in [3.05, 3.63) is 59.5 Å². The van der Waals surface area contributed by atoms with Gasteiger partial charge in [-0.15, -0.1) is 0 Å². The van der Waals surface area contributed by atoms with Crippen LogP contribution in [0.4, 0.5) is 0 Å². The number of aromatic nitrogens is 2. The number of nitrogens with zero attached hydrogens (tertiary/aromatic N) is 3. The van der Waals surface area contributed by atoms with E-state index in [1.807, 2.05) is 44.2 Å². The highest BCUT2D eigenvalue weighted by molar-refractivity contribution is 5.76. The Bertz CT molecular complexity index is 1010.